The van der Waals surface area contributed by atoms with E-state index < -0.39 is 5.97 Å². The predicted molar refractivity (Wildman–Crippen MR) is 101 cm³/mol. The molecule has 0 radical (unpaired) electrons. The number of piperidine rings is 1. The lowest BCUT2D eigenvalue weighted by atomic mass is 9.98. The molecule has 1 aromatic carbocycles. The number of aliphatic carboxylic acids is 1. The third-order valence-corrected chi connectivity index (χ3v) is 5.25. The summed E-state index contributed by atoms with van der Waals surface area (Å²) in [6, 6.07) is 10.2. The summed E-state index contributed by atoms with van der Waals surface area (Å²) in [6.07, 6.45) is 1.52. The number of Topliss-reactive ketones (excluding diaryl/α,β-unsaturated/α-hetero) is 1. The highest BCUT2D eigenvalue weighted by Crippen LogP contribution is 2.23. The van der Waals surface area contributed by atoms with Crippen molar-refractivity contribution in [2.45, 2.75) is 33.6 Å². The van der Waals surface area contributed by atoms with Crippen LogP contribution in [0, 0.1) is 26.7 Å². The molecule has 2 aromatic rings. The van der Waals surface area contributed by atoms with Gasteiger partial charge in [-0.15, -0.1) is 0 Å². The molecule has 1 atom stereocenters. The number of carbonyl (C=O) groups is 2. The van der Waals surface area contributed by atoms with Gasteiger partial charge >= 0.3 is 5.97 Å². The van der Waals surface area contributed by atoms with E-state index >= 15 is 0 Å². The maximum absolute atomic E-state index is 12.9. The Morgan fingerprint density at radius 1 is 1.15 bits per heavy atom. The zero-order chi connectivity index (χ0) is 18.8. The average Bonchev–Trinajstić information content (AvgIpc) is 2.91. The normalized spacial score (nSPS) is 18.0. The lowest BCUT2D eigenvalue weighted by Crippen LogP contribution is -2.41. The first kappa shape index (κ1) is 18.4. The fourth-order valence-corrected chi connectivity index (χ4v) is 3.83. The first-order valence-corrected chi connectivity index (χ1v) is 9.11. The largest absolute Gasteiger partial charge is 0.481 e. The van der Waals surface area contributed by atoms with Crippen LogP contribution in [-0.2, 0) is 4.79 Å². The Balaban J connectivity index is 1.79. The summed E-state index contributed by atoms with van der Waals surface area (Å²) in [5.41, 5.74) is 4.93. The molecule has 0 bridgehead atoms. The lowest BCUT2D eigenvalue weighted by molar-refractivity contribution is -0.143. The first-order valence-electron chi connectivity index (χ1n) is 9.11. The minimum Gasteiger partial charge on any atom is -0.481 e. The van der Waals surface area contributed by atoms with E-state index in [1.807, 2.05) is 24.8 Å². The number of carboxylic acids is 1. The van der Waals surface area contributed by atoms with Crippen molar-refractivity contribution in [1.82, 2.24) is 9.47 Å². The number of aromatic nitrogens is 1. The van der Waals surface area contributed by atoms with Gasteiger partial charge in [-0.1, -0.05) is 17.7 Å². The van der Waals surface area contributed by atoms with Gasteiger partial charge in [0.2, 0.25) is 0 Å². The minimum atomic E-state index is -0.764. The van der Waals surface area contributed by atoms with Gasteiger partial charge in [0.25, 0.3) is 0 Å². The van der Waals surface area contributed by atoms with Crippen molar-refractivity contribution in [2.24, 2.45) is 5.92 Å². The Labute approximate surface area is 154 Å². The zero-order valence-electron chi connectivity index (χ0n) is 15.7. The Kier molecular flexibility index (Phi) is 5.28. The van der Waals surface area contributed by atoms with Crippen molar-refractivity contribution in [1.29, 1.82) is 0 Å². The number of hydrogen-bond acceptors (Lipinski definition) is 3. The van der Waals surface area contributed by atoms with Crippen molar-refractivity contribution in [2.75, 3.05) is 19.6 Å². The van der Waals surface area contributed by atoms with Crippen LogP contribution in [0.25, 0.3) is 5.69 Å². The summed E-state index contributed by atoms with van der Waals surface area (Å²) >= 11 is 0. The third kappa shape index (κ3) is 3.73. The van der Waals surface area contributed by atoms with Crippen LogP contribution in [0.1, 0.15) is 40.2 Å². The van der Waals surface area contributed by atoms with Crippen LogP contribution in [-0.4, -0.2) is 46.0 Å². The summed E-state index contributed by atoms with van der Waals surface area (Å²) < 4.78 is 2.10. The van der Waals surface area contributed by atoms with E-state index in [-0.39, 0.29) is 18.2 Å². The highest BCUT2D eigenvalue weighted by atomic mass is 16.4. The van der Waals surface area contributed by atoms with Gasteiger partial charge in [0.05, 0.1) is 12.5 Å². The Morgan fingerprint density at radius 2 is 1.85 bits per heavy atom. The molecule has 1 unspecified atom stereocenters. The second kappa shape index (κ2) is 7.46. The maximum atomic E-state index is 12.9. The molecule has 1 saturated heterocycles. The van der Waals surface area contributed by atoms with Gasteiger partial charge in [0.1, 0.15) is 0 Å². The summed E-state index contributed by atoms with van der Waals surface area (Å²) in [5, 5.41) is 9.22. The van der Waals surface area contributed by atoms with Gasteiger partial charge in [0.15, 0.2) is 5.78 Å². The van der Waals surface area contributed by atoms with Crippen LogP contribution in [0.4, 0.5) is 0 Å². The number of aryl methyl sites for hydroxylation is 2. The van der Waals surface area contributed by atoms with E-state index in [0.717, 1.165) is 35.6 Å². The smallest absolute Gasteiger partial charge is 0.307 e. The van der Waals surface area contributed by atoms with E-state index in [1.165, 1.54) is 5.56 Å². The highest BCUT2D eigenvalue weighted by molar-refractivity contribution is 5.99. The van der Waals surface area contributed by atoms with Crippen molar-refractivity contribution < 1.29 is 14.7 Å². The van der Waals surface area contributed by atoms with Crippen molar-refractivity contribution in [3.63, 3.8) is 0 Å². The molecule has 0 spiro atoms. The molecular weight excluding hydrogens is 328 g/mol. The molecule has 0 saturated carbocycles. The Morgan fingerprint density at radius 3 is 2.50 bits per heavy atom. The predicted octanol–water partition coefficient (Wildman–Crippen LogP) is 3.38. The number of benzene rings is 1. The summed E-state index contributed by atoms with van der Waals surface area (Å²) in [7, 11) is 0. The van der Waals surface area contributed by atoms with E-state index in [9.17, 15) is 14.7 Å². The summed E-state index contributed by atoms with van der Waals surface area (Å²) in [6.45, 7) is 7.55. The number of ketones is 1. The molecule has 1 aliphatic rings. The fourth-order valence-electron chi connectivity index (χ4n) is 3.83. The minimum absolute atomic E-state index is 0.0579. The topological polar surface area (TPSA) is 62.5 Å². The number of rotatable bonds is 5. The number of nitrogens with zero attached hydrogens (tertiary/aromatic N) is 2. The van der Waals surface area contributed by atoms with Gasteiger partial charge in [-0.3, -0.25) is 14.5 Å². The quantitative estimate of drug-likeness (QED) is 0.836. The van der Waals surface area contributed by atoms with Crippen LogP contribution in [0.2, 0.25) is 0 Å². The van der Waals surface area contributed by atoms with Crippen LogP contribution in [0.3, 0.4) is 0 Å². The van der Waals surface area contributed by atoms with Crippen LogP contribution in [0.15, 0.2) is 30.3 Å². The maximum Gasteiger partial charge on any atom is 0.307 e. The van der Waals surface area contributed by atoms with E-state index in [2.05, 4.69) is 35.8 Å². The molecule has 3 rings (SSSR count). The van der Waals surface area contributed by atoms with Gasteiger partial charge in [-0.25, -0.2) is 0 Å². The molecule has 1 aromatic heterocycles. The van der Waals surface area contributed by atoms with Gasteiger partial charge in [-0.05, 0) is 58.4 Å². The lowest BCUT2D eigenvalue weighted by Gasteiger charge is -2.29. The summed E-state index contributed by atoms with van der Waals surface area (Å²) in [4.78, 5) is 26.1. The van der Waals surface area contributed by atoms with Crippen LogP contribution < -0.4 is 0 Å². The standard InChI is InChI=1S/C21H26N2O3/c1-14-6-8-18(9-7-14)23-15(2)11-19(16(23)3)20(24)13-22-10-4-5-17(12-22)21(25)26/h6-9,11,17H,4-5,10,12-13H2,1-3H3,(H,25,26). The number of likely N-dealkylation sites (tertiary alicyclic amines) is 1. The molecule has 5 nitrogen and oxygen atoms in total. The Hall–Kier alpha value is -2.40. The van der Waals surface area contributed by atoms with Crippen LogP contribution in [0.5, 0.6) is 0 Å². The Bertz CT molecular complexity index is 821. The molecule has 1 fully saturated rings. The van der Waals surface area contributed by atoms with Crippen molar-refractivity contribution in [3.05, 3.63) is 52.8 Å². The monoisotopic (exact) mass is 354 g/mol. The van der Waals surface area contributed by atoms with Gasteiger partial charge in [0, 0.05) is 29.2 Å². The van der Waals surface area contributed by atoms with Crippen LogP contribution >= 0.6 is 0 Å². The molecular formula is C21H26N2O3. The molecule has 138 valence electrons. The molecule has 0 aliphatic carbocycles. The summed E-state index contributed by atoms with van der Waals surface area (Å²) in [5.74, 6) is -1.07. The SMILES string of the molecule is Cc1ccc(-n2c(C)cc(C(=O)CN3CCCC(C(=O)O)C3)c2C)cc1. The van der Waals surface area contributed by atoms with Crippen molar-refractivity contribution in [3.8, 4) is 5.69 Å². The second-order valence-electron chi connectivity index (χ2n) is 7.29. The molecule has 1 aliphatic heterocycles. The molecule has 0 amide bonds. The molecule has 2 heterocycles. The third-order valence-electron chi connectivity index (χ3n) is 5.25. The number of carboxylic acid groups (broad SMARTS) is 1. The first-order chi connectivity index (χ1) is 12.4. The van der Waals surface area contributed by atoms with E-state index in [0.29, 0.717) is 13.0 Å². The second-order valence-corrected chi connectivity index (χ2v) is 7.29. The van der Waals surface area contributed by atoms with Gasteiger partial charge in [-0.2, -0.15) is 0 Å². The van der Waals surface area contributed by atoms with E-state index in [4.69, 9.17) is 0 Å². The van der Waals surface area contributed by atoms with Crippen molar-refractivity contribution >= 4 is 11.8 Å². The van der Waals surface area contributed by atoms with E-state index in [1.54, 1.807) is 0 Å². The molecule has 5 heteroatoms. The van der Waals surface area contributed by atoms with Gasteiger partial charge < -0.3 is 9.67 Å². The molecule has 1 N–H and O–H groups in total. The number of carbonyl (C=O) groups excluding carboxylic acids is 1. The number of hydrogen-bond donors (Lipinski definition) is 1. The average molecular weight is 354 g/mol. The fraction of sp³-hybridized carbons (Fsp3) is 0.429. The molecule has 26 heavy (non-hydrogen) atoms. The zero-order valence-corrected chi connectivity index (χ0v) is 15.7. The highest BCUT2D eigenvalue weighted by Gasteiger charge is 2.27.